The van der Waals surface area contributed by atoms with Crippen molar-refractivity contribution in [2.45, 2.75) is 37.9 Å². The highest BCUT2D eigenvalue weighted by molar-refractivity contribution is 5.99. The second-order valence-corrected chi connectivity index (χ2v) is 5.83. The van der Waals surface area contributed by atoms with Gasteiger partial charge in [0.05, 0.1) is 5.92 Å². The van der Waals surface area contributed by atoms with E-state index in [-0.39, 0.29) is 18.9 Å². The zero-order valence-corrected chi connectivity index (χ0v) is 12.0. The topological polar surface area (TPSA) is 50.9 Å². The molecule has 0 amide bonds. The van der Waals surface area contributed by atoms with Gasteiger partial charge in [0.25, 0.3) is 0 Å². The minimum absolute atomic E-state index is 0.0681. The molecule has 0 atom stereocenters. The quantitative estimate of drug-likeness (QED) is 0.867. The van der Waals surface area contributed by atoms with E-state index < -0.39 is 12.1 Å². The Morgan fingerprint density at radius 2 is 1.77 bits per heavy atom. The van der Waals surface area contributed by atoms with Gasteiger partial charge in [-0.1, -0.05) is 12.1 Å². The summed E-state index contributed by atoms with van der Waals surface area (Å²) in [6, 6.07) is 7.64. The van der Waals surface area contributed by atoms with Gasteiger partial charge >= 0.3 is 6.18 Å². The molecular weight excluding hydrogens is 291 g/mol. The van der Waals surface area contributed by atoms with E-state index >= 15 is 0 Å². The van der Waals surface area contributed by atoms with Gasteiger partial charge in [-0.15, -0.1) is 0 Å². The lowest BCUT2D eigenvalue weighted by atomic mass is 9.85. The Morgan fingerprint density at radius 1 is 1.05 bits per heavy atom. The summed E-state index contributed by atoms with van der Waals surface area (Å²) in [6.45, 7) is 0. The van der Waals surface area contributed by atoms with E-state index in [1.54, 1.807) is 6.20 Å². The SMILES string of the molecule is Nc1nccc2c(NC3CCC(C(F)(F)F)CC3)cccc12. The molecule has 1 aliphatic carbocycles. The van der Waals surface area contributed by atoms with Crippen molar-refractivity contribution < 1.29 is 13.2 Å². The summed E-state index contributed by atoms with van der Waals surface area (Å²) >= 11 is 0. The first-order valence-corrected chi connectivity index (χ1v) is 7.41. The van der Waals surface area contributed by atoms with E-state index in [9.17, 15) is 13.2 Å². The normalized spacial score (nSPS) is 22.7. The van der Waals surface area contributed by atoms with Crippen LogP contribution in [0.1, 0.15) is 25.7 Å². The van der Waals surface area contributed by atoms with E-state index in [1.807, 2.05) is 24.3 Å². The molecule has 3 rings (SSSR count). The van der Waals surface area contributed by atoms with E-state index in [0.29, 0.717) is 18.7 Å². The Bertz CT molecular complexity index is 661. The number of halogens is 3. The van der Waals surface area contributed by atoms with Gasteiger partial charge in [-0.25, -0.2) is 4.98 Å². The number of aromatic nitrogens is 1. The fraction of sp³-hybridized carbons (Fsp3) is 0.438. The van der Waals surface area contributed by atoms with Crippen molar-refractivity contribution in [2.75, 3.05) is 11.1 Å². The number of nitrogens with zero attached hydrogens (tertiary/aromatic N) is 1. The summed E-state index contributed by atoms with van der Waals surface area (Å²) < 4.78 is 38.1. The molecule has 3 nitrogen and oxygen atoms in total. The monoisotopic (exact) mass is 309 g/mol. The summed E-state index contributed by atoms with van der Waals surface area (Å²) in [4.78, 5) is 4.06. The Kier molecular flexibility index (Phi) is 3.85. The second kappa shape index (κ2) is 5.66. The number of fused-ring (bicyclic) bond motifs is 1. The molecule has 1 aromatic carbocycles. The number of pyridine rings is 1. The number of hydrogen-bond acceptors (Lipinski definition) is 3. The van der Waals surface area contributed by atoms with Crippen LogP contribution in [0.4, 0.5) is 24.7 Å². The zero-order chi connectivity index (χ0) is 15.7. The molecule has 0 aliphatic heterocycles. The van der Waals surface area contributed by atoms with Gasteiger partial charge in [0.1, 0.15) is 5.82 Å². The highest BCUT2D eigenvalue weighted by Crippen LogP contribution is 2.38. The van der Waals surface area contributed by atoms with Gasteiger partial charge in [0.2, 0.25) is 0 Å². The summed E-state index contributed by atoms with van der Waals surface area (Å²) in [7, 11) is 0. The maximum Gasteiger partial charge on any atom is 0.391 e. The molecule has 0 bridgehead atoms. The van der Waals surface area contributed by atoms with Crippen LogP contribution in [0.5, 0.6) is 0 Å². The highest BCUT2D eigenvalue weighted by Gasteiger charge is 2.41. The molecule has 2 aromatic rings. The lowest BCUT2D eigenvalue weighted by Gasteiger charge is -2.31. The number of hydrogen-bond donors (Lipinski definition) is 2. The Morgan fingerprint density at radius 3 is 2.45 bits per heavy atom. The Balaban J connectivity index is 1.74. The van der Waals surface area contributed by atoms with Crippen molar-refractivity contribution >= 4 is 22.3 Å². The average molecular weight is 309 g/mol. The molecule has 6 heteroatoms. The maximum absolute atomic E-state index is 12.7. The number of nitrogens with one attached hydrogen (secondary N) is 1. The Hall–Kier alpha value is -1.98. The predicted octanol–water partition coefficient (Wildman–Crippen LogP) is 4.35. The molecule has 0 saturated heterocycles. The standard InChI is InChI=1S/C16H18F3N3/c17-16(18,19)10-4-6-11(7-5-10)22-14-3-1-2-13-12(14)8-9-21-15(13)20/h1-3,8-11,22H,4-7H2,(H2,20,21). The third-order valence-electron chi connectivity index (χ3n) is 4.39. The van der Waals surface area contributed by atoms with Crippen molar-refractivity contribution in [2.24, 2.45) is 5.92 Å². The van der Waals surface area contributed by atoms with Gasteiger partial charge in [-0.05, 0) is 37.8 Å². The summed E-state index contributed by atoms with van der Waals surface area (Å²) in [5.74, 6) is -0.695. The van der Waals surface area contributed by atoms with Crippen molar-refractivity contribution in [3.63, 3.8) is 0 Å². The molecule has 0 unspecified atom stereocenters. The van der Waals surface area contributed by atoms with Crippen LogP contribution in [0, 0.1) is 5.92 Å². The van der Waals surface area contributed by atoms with Crippen LogP contribution >= 0.6 is 0 Å². The van der Waals surface area contributed by atoms with Crippen molar-refractivity contribution in [1.82, 2.24) is 4.98 Å². The summed E-state index contributed by atoms with van der Waals surface area (Å²) in [5, 5.41) is 5.18. The van der Waals surface area contributed by atoms with Crippen LogP contribution in [0.15, 0.2) is 30.5 Å². The highest BCUT2D eigenvalue weighted by atomic mass is 19.4. The fourth-order valence-corrected chi connectivity index (χ4v) is 3.14. The van der Waals surface area contributed by atoms with E-state index in [2.05, 4.69) is 10.3 Å². The van der Waals surface area contributed by atoms with Crippen LogP contribution in [0.2, 0.25) is 0 Å². The number of alkyl halides is 3. The molecule has 1 aromatic heterocycles. The molecule has 0 radical (unpaired) electrons. The fourth-order valence-electron chi connectivity index (χ4n) is 3.14. The minimum Gasteiger partial charge on any atom is -0.383 e. The third kappa shape index (κ3) is 2.96. The molecule has 118 valence electrons. The second-order valence-electron chi connectivity index (χ2n) is 5.83. The van der Waals surface area contributed by atoms with E-state index in [4.69, 9.17) is 5.73 Å². The van der Waals surface area contributed by atoms with E-state index in [0.717, 1.165) is 16.5 Å². The van der Waals surface area contributed by atoms with Crippen LogP contribution in [-0.4, -0.2) is 17.2 Å². The maximum atomic E-state index is 12.7. The first-order valence-electron chi connectivity index (χ1n) is 7.41. The first-order chi connectivity index (χ1) is 10.4. The van der Waals surface area contributed by atoms with Crippen LogP contribution in [0.25, 0.3) is 10.8 Å². The molecule has 22 heavy (non-hydrogen) atoms. The van der Waals surface area contributed by atoms with Crippen LogP contribution in [-0.2, 0) is 0 Å². The van der Waals surface area contributed by atoms with Crippen molar-refractivity contribution in [3.8, 4) is 0 Å². The average Bonchev–Trinajstić information content (AvgIpc) is 2.48. The van der Waals surface area contributed by atoms with Gasteiger partial charge in [-0.2, -0.15) is 13.2 Å². The van der Waals surface area contributed by atoms with Gasteiger partial charge in [-0.3, -0.25) is 0 Å². The minimum atomic E-state index is -4.06. The molecule has 0 spiro atoms. The number of nitrogen functional groups attached to an aromatic ring is 1. The largest absolute Gasteiger partial charge is 0.391 e. The smallest absolute Gasteiger partial charge is 0.383 e. The summed E-state index contributed by atoms with van der Waals surface area (Å²) in [5.41, 5.74) is 6.77. The van der Waals surface area contributed by atoms with Gasteiger partial charge in [0.15, 0.2) is 0 Å². The molecule has 3 N–H and O–H groups in total. The van der Waals surface area contributed by atoms with Gasteiger partial charge < -0.3 is 11.1 Å². The van der Waals surface area contributed by atoms with Crippen LogP contribution < -0.4 is 11.1 Å². The van der Waals surface area contributed by atoms with E-state index in [1.165, 1.54) is 0 Å². The molecule has 1 saturated carbocycles. The molecule has 1 aliphatic rings. The van der Waals surface area contributed by atoms with Crippen molar-refractivity contribution in [3.05, 3.63) is 30.5 Å². The zero-order valence-electron chi connectivity index (χ0n) is 12.0. The Labute approximate surface area is 126 Å². The van der Waals surface area contributed by atoms with Crippen molar-refractivity contribution in [1.29, 1.82) is 0 Å². The van der Waals surface area contributed by atoms with Gasteiger partial charge in [0, 0.05) is 28.7 Å². The number of nitrogens with two attached hydrogens (primary N) is 1. The summed E-state index contributed by atoms with van der Waals surface area (Å²) in [6.07, 6.45) is -0.985. The number of benzene rings is 1. The third-order valence-corrected chi connectivity index (χ3v) is 4.39. The first kappa shape index (κ1) is 14.9. The number of anilines is 2. The number of rotatable bonds is 2. The molecular formula is C16H18F3N3. The van der Waals surface area contributed by atoms with Crippen LogP contribution in [0.3, 0.4) is 0 Å². The lowest BCUT2D eigenvalue weighted by Crippen LogP contribution is -2.32. The molecule has 1 heterocycles. The molecule has 1 fully saturated rings. The lowest BCUT2D eigenvalue weighted by molar-refractivity contribution is -0.182. The predicted molar refractivity (Wildman–Crippen MR) is 81.6 cm³/mol.